The Balaban J connectivity index is 1.43. The van der Waals surface area contributed by atoms with E-state index in [1.165, 1.54) is 26.0 Å². The fourth-order valence-electron chi connectivity index (χ4n) is 5.74. The number of carboxylic acid groups (broad SMARTS) is 1. The van der Waals surface area contributed by atoms with Crippen molar-refractivity contribution in [2.75, 3.05) is 26.3 Å². The smallest absolute Gasteiger partial charge is 0.329 e. The van der Waals surface area contributed by atoms with Crippen LogP contribution in [0.3, 0.4) is 0 Å². The molecule has 0 saturated carbocycles. The molecule has 0 saturated heterocycles. The Kier molecular flexibility index (Phi) is 9.74. The van der Waals surface area contributed by atoms with Crippen LogP contribution in [0.4, 0.5) is 22.0 Å². The highest BCUT2D eigenvalue weighted by molar-refractivity contribution is 5.85. The summed E-state index contributed by atoms with van der Waals surface area (Å²) in [7, 11) is 0. The molecule has 0 bridgehead atoms. The van der Waals surface area contributed by atoms with Crippen molar-refractivity contribution in [1.29, 1.82) is 0 Å². The highest BCUT2D eigenvalue weighted by Gasteiger charge is 2.37. The molecule has 224 valence electrons. The van der Waals surface area contributed by atoms with Crippen LogP contribution in [0.2, 0.25) is 0 Å². The van der Waals surface area contributed by atoms with Gasteiger partial charge in [0.25, 0.3) is 5.92 Å². The number of carbonyl (C=O) groups is 1. The van der Waals surface area contributed by atoms with Gasteiger partial charge in [-0.3, -0.25) is 4.90 Å². The van der Waals surface area contributed by atoms with Crippen molar-refractivity contribution in [2.45, 2.75) is 76.4 Å². The number of nitrogens with one attached hydrogen (secondary N) is 1. The number of hydrogen-bond donors (Lipinski definition) is 2. The summed E-state index contributed by atoms with van der Waals surface area (Å²) in [5.74, 6) is -5.80. The molecular formula is C31H37F5N2O3. The molecule has 2 heterocycles. The van der Waals surface area contributed by atoms with E-state index < -0.39 is 54.9 Å². The second-order valence-electron chi connectivity index (χ2n) is 11.5. The maximum absolute atomic E-state index is 15.7. The topological polar surface area (TPSA) is 65.6 Å². The highest BCUT2D eigenvalue weighted by atomic mass is 19.3. The quantitative estimate of drug-likeness (QED) is 0.154. The van der Waals surface area contributed by atoms with Crippen molar-refractivity contribution in [3.8, 4) is 0 Å². The number of fused-ring (bicyclic) bond motifs is 3. The predicted octanol–water partition coefficient (Wildman–Crippen LogP) is 7.37. The Labute approximate surface area is 236 Å². The molecule has 1 atom stereocenters. The molecule has 0 spiro atoms. The van der Waals surface area contributed by atoms with Crippen LogP contribution in [0.1, 0.15) is 74.4 Å². The zero-order valence-electron chi connectivity index (χ0n) is 23.4. The summed E-state index contributed by atoms with van der Waals surface area (Å²) in [6.45, 7) is 1.67. The Hall–Kier alpha value is -2.98. The summed E-state index contributed by atoms with van der Waals surface area (Å²) in [4.78, 5) is 15.5. The van der Waals surface area contributed by atoms with Crippen LogP contribution < -0.4 is 0 Å². The lowest BCUT2D eigenvalue weighted by atomic mass is 9.89. The normalized spacial score (nSPS) is 16.3. The SMILES string of the molecule is CC(C)(F)CN1CCc2c([nH]c3ccccc23)C1c1c(F)cc(CCCCCCC(F)(F)COCC(=O)O)cc1F. The Bertz CT molecular complexity index is 1330. The molecule has 0 radical (unpaired) electrons. The second kappa shape index (κ2) is 12.9. The number of aryl methyl sites for hydroxylation is 1. The molecule has 1 aromatic heterocycles. The van der Waals surface area contributed by atoms with E-state index in [9.17, 15) is 18.0 Å². The number of carboxylic acids is 1. The monoisotopic (exact) mass is 580 g/mol. The van der Waals surface area contributed by atoms with Crippen LogP contribution >= 0.6 is 0 Å². The molecule has 1 aliphatic rings. The van der Waals surface area contributed by atoms with Gasteiger partial charge in [0.1, 0.15) is 30.5 Å². The number of halogens is 5. The molecule has 2 aromatic carbocycles. The molecule has 5 nitrogen and oxygen atoms in total. The van der Waals surface area contributed by atoms with Gasteiger partial charge in [-0.2, -0.15) is 0 Å². The fourth-order valence-corrected chi connectivity index (χ4v) is 5.74. The molecule has 2 N–H and O–H groups in total. The first-order chi connectivity index (χ1) is 19.3. The van der Waals surface area contributed by atoms with Crippen molar-refractivity contribution in [3.63, 3.8) is 0 Å². The number of alkyl halides is 3. The first-order valence-electron chi connectivity index (χ1n) is 14.0. The molecule has 0 aliphatic carbocycles. The lowest BCUT2D eigenvalue weighted by molar-refractivity contribution is -0.147. The van der Waals surface area contributed by atoms with Gasteiger partial charge in [-0.05, 0) is 68.9 Å². The average molecular weight is 581 g/mol. The van der Waals surface area contributed by atoms with Crippen LogP contribution in [0.15, 0.2) is 36.4 Å². The third-order valence-electron chi connectivity index (χ3n) is 7.42. The Morgan fingerprint density at radius 3 is 2.44 bits per heavy atom. The van der Waals surface area contributed by atoms with Gasteiger partial charge in [-0.1, -0.05) is 31.0 Å². The molecule has 1 aliphatic heterocycles. The van der Waals surface area contributed by atoms with E-state index in [4.69, 9.17) is 5.11 Å². The van der Waals surface area contributed by atoms with Crippen molar-refractivity contribution in [2.24, 2.45) is 0 Å². The zero-order valence-corrected chi connectivity index (χ0v) is 23.4. The van der Waals surface area contributed by atoms with Gasteiger partial charge in [-0.25, -0.2) is 26.7 Å². The third-order valence-corrected chi connectivity index (χ3v) is 7.42. The first kappa shape index (κ1) is 31.0. The highest BCUT2D eigenvalue weighted by Crippen LogP contribution is 2.41. The van der Waals surface area contributed by atoms with Gasteiger partial charge >= 0.3 is 5.97 Å². The molecule has 4 rings (SSSR count). The number of para-hydroxylation sites is 1. The summed E-state index contributed by atoms with van der Waals surface area (Å²) in [5.41, 5.74) is 1.33. The third kappa shape index (κ3) is 8.07. The number of aliphatic carboxylic acids is 1. The van der Waals surface area contributed by atoms with Gasteiger partial charge in [0, 0.05) is 41.7 Å². The molecule has 3 aromatic rings. The Morgan fingerprint density at radius 2 is 1.76 bits per heavy atom. The fraction of sp³-hybridized carbons (Fsp3) is 0.516. The number of nitrogens with zero attached hydrogens (tertiary/aromatic N) is 1. The summed E-state index contributed by atoms with van der Waals surface area (Å²) >= 11 is 0. The Morgan fingerprint density at radius 1 is 1.07 bits per heavy atom. The minimum atomic E-state index is -3.10. The summed E-state index contributed by atoms with van der Waals surface area (Å²) in [5, 5.41) is 9.47. The summed E-state index contributed by atoms with van der Waals surface area (Å²) in [6, 6.07) is 9.53. The van der Waals surface area contributed by atoms with Gasteiger partial charge in [-0.15, -0.1) is 0 Å². The number of aromatic nitrogens is 1. The van der Waals surface area contributed by atoms with Crippen molar-refractivity contribution in [1.82, 2.24) is 9.88 Å². The van der Waals surface area contributed by atoms with Crippen LogP contribution in [-0.4, -0.2) is 58.9 Å². The van der Waals surface area contributed by atoms with Gasteiger partial charge in [0.2, 0.25) is 0 Å². The minimum absolute atomic E-state index is 0.0117. The molecule has 0 fully saturated rings. The second-order valence-corrected chi connectivity index (χ2v) is 11.5. The van der Waals surface area contributed by atoms with Crippen LogP contribution in [0, 0.1) is 11.6 Å². The van der Waals surface area contributed by atoms with E-state index >= 15 is 8.78 Å². The lowest BCUT2D eigenvalue weighted by Crippen LogP contribution is -2.43. The number of ether oxygens (including phenoxy) is 1. The maximum atomic E-state index is 15.7. The number of rotatable bonds is 14. The molecule has 0 amide bonds. The number of unbranched alkanes of at least 4 members (excludes halogenated alkanes) is 3. The van der Waals surface area contributed by atoms with Crippen molar-refractivity contribution in [3.05, 3.63) is 70.4 Å². The van der Waals surface area contributed by atoms with Crippen LogP contribution in [-0.2, 0) is 22.4 Å². The summed E-state index contributed by atoms with van der Waals surface area (Å²) in [6.07, 6.45) is 2.48. The van der Waals surface area contributed by atoms with E-state index in [2.05, 4.69) is 9.72 Å². The van der Waals surface area contributed by atoms with Crippen LogP contribution in [0.5, 0.6) is 0 Å². The van der Waals surface area contributed by atoms with E-state index in [1.54, 1.807) is 4.90 Å². The van der Waals surface area contributed by atoms with E-state index in [0.29, 0.717) is 49.9 Å². The number of hydrogen-bond acceptors (Lipinski definition) is 3. The van der Waals surface area contributed by atoms with Crippen LogP contribution in [0.25, 0.3) is 10.9 Å². The standard InChI is InChI=1S/C31H37F5N2O3/c1-30(2,34)18-38-14-12-22-21-10-6-7-11-25(21)37-28(22)29(38)27-23(32)15-20(16-24(27)33)9-5-3-4-8-13-31(35,36)19-41-17-26(39)40/h6-7,10-11,15-16,29,37H,3-5,8-9,12-14,17-19H2,1-2H3,(H,39,40). The maximum Gasteiger partial charge on any atom is 0.329 e. The molecule has 10 heteroatoms. The van der Waals surface area contributed by atoms with Gasteiger partial charge in [0.15, 0.2) is 0 Å². The van der Waals surface area contributed by atoms with E-state index in [-0.39, 0.29) is 18.5 Å². The van der Waals surface area contributed by atoms with E-state index in [1.807, 2.05) is 24.3 Å². The lowest BCUT2D eigenvalue weighted by Gasteiger charge is -2.38. The van der Waals surface area contributed by atoms with Gasteiger partial charge < -0.3 is 14.8 Å². The van der Waals surface area contributed by atoms with E-state index in [0.717, 1.165) is 16.5 Å². The minimum Gasteiger partial charge on any atom is -0.480 e. The molecule has 1 unspecified atom stereocenters. The zero-order chi connectivity index (χ0) is 29.8. The largest absolute Gasteiger partial charge is 0.480 e. The molecular weight excluding hydrogens is 543 g/mol. The predicted molar refractivity (Wildman–Crippen MR) is 147 cm³/mol. The number of benzene rings is 2. The van der Waals surface area contributed by atoms with Gasteiger partial charge in [0.05, 0.1) is 6.04 Å². The average Bonchev–Trinajstić information content (AvgIpc) is 3.24. The number of aromatic amines is 1. The number of H-pyrrole nitrogens is 1. The molecule has 41 heavy (non-hydrogen) atoms. The van der Waals surface area contributed by atoms with Crippen molar-refractivity contribution < 1.29 is 36.6 Å². The first-order valence-corrected chi connectivity index (χ1v) is 14.0. The van der Waals surface area contributed by atoms with Crippen molar-refractivity contribution >= 4 is 16.9 Å². The summed E-state index contributed by atoms with van der Waals surface area (Å²) < 4.78 is 78.1.